The highest BCUT2D eigenvalue weighted by Gasteiger charge is 2.58. The van der Waals surface area contributed by atoms with Gasteiger partial charge in [-0.2, -0.15) is 0 Å². The van der Waals surface area contributed by atoms with E-state index in [9.17, 15) is 4.79 Å². The highest BCUT2D eigenvalue weighted by Crippen LogP contribution is 2.57. The molecule has 0 radical (unpaired) electrons. The van der Waals surface area contributed by atoms with E-state index in [1.165, 1.54) is 0 Å². The average Bonchev–Trinajstić information content (AvgIpc) is 3.20. The van der Waals surface area contributed by atoms with Crippen molar-refractivity contribution in [3.63, 3.8) is 0 Å². The molecule has 3 aromatic rings. The first kappa shape index (κ1) is 18.6. The van der Waals surface area contributed by atoms with Gasteiger partial charge in [-0.15, -0.1) is 0 Å². The van der Waals surface area contributed by atoms with E-state index < -0.39 is 11.7 Å². The number of carbonyl (C=O) groups excluding carboxylic acids is 1. The molecule has 150 valence electrons. The zero-order valence-corrected chi connectivity index (χ0v) is 16.7. The lowest BCUT2D eigenvalue weighted by Gasteiger charge is -2.39. The fraction of sp³-hybridized carbons (Fsp3) is 0.192. The number of fused-ring (bicyclic) bond motifs is 3. The second-order valence-corrected chi connectivity index (χ2v) is 7.69. The molecule has 0 aliphatic carbocycles. The molecule has 4 heteroatoms. The fourth-order valence-corrected chi connectivity index (χ4v) is 4.50. The van der Waals surface area contributed by atoms with Crippen LogP contribution in [0.5, 0.6) is 5.75 Å². The number of carbonyl (C=O) groups is 1. The minimum atomic E-state index is -0.961. The molecule has 0 bridgehead atoms. The molecule has 2 heterocycles. The minimum absolute atomic E-state index is 0.236. The van der Waals surface area contributed by atoms with Gasteiger partial charge in [0.2, 0.25) is 0 Å². The van der Waals surface area contributed by atoms with Crippen molar-refractivity contribution in [2.75, 3.05) is 7.11 Å². The molecule has 2 aliphatic rings. The van der Waals surface area contributed by atoms with Crippen LogP contribution >= 0.6 is 0 Å². The summed E-state index contributed by atoms with van der Waals surface area (Å²) in [6.45, 7) is 4.37. The van der Waals surface area contributed by atoms with Crippen LogP contribution in [0.15, 0.2) is 85.4 Å². The van der Waals surface area contributed by atoms with Crippen LogP contribution in [0.2, 0.25) is 0 Å². The standard InChI is InChI=1S/C26H22O4/c1-17(18-8-4-3-5-9-18)26-16-23(19-12-14-20(28-2)15-13-19)29-24(26)21-10-6-7-11-22(21)25(27)30-26/h3-15,23-24H,1,16H2,2H3. The summed E-state index contributed by atoms with van der Waals surface area (Å²) in [6, 6.07) is 25.2. The summed E-state index contributed by atoms with van der Waals surface area (Å²) in [4.78, 5) is 13.0. The van der Waals surface area contributed by atoms with Gasteiger partial charge in [-0.25, -0.2) is 4.79 Å². The van der Waals surface area contributed by atoms with Crippen molar-refractivity contribution in [3.8, 4) is 5.75 Å². The Bertz CT molecular complexity index is 1100. The molecule has 3 aromatic carbocycles. The van der Waals surface area contributed by atoms with Crippen molar-refractivity contribution in [1.82, 2.24) is 0 Å². The number of rotatable bonds is 4. The lowest BCUT2D eigenvalue weighted by Crippen LogP contribution is -2.43. The number of esters is 1. The summed E-state index contributed by atoms with van der Waals surface area (Å²) in [6.07, 6.45) is -0.163. The van der Waals surface area contributed by atoms with Gasteiger partial charge in [0.15, 0.2) is 5.60 Å². The summed E-state index contributed by atoms with van der Waals surface area (Å²) in [5.74, 6) is 0.451. The van der Waals surface area contributed by atoms with Gasteiger partial charge in [-0.1, -0.05) is 67.2 Å². The minimum Gasteiger partial charge on any atom is -0.497 e. The molecule has 0 amide bonds. The predicted octanol–water partition coefficient (Wildman–Crippen LogP) is 5.52. The summed E-state index contributed by atoms with van der Waals surface area (Å²) in [5.41, 5.74) is 3.15. The summed E-state index contributed by atoms with van der Waals surface area (Å²) in [5, 5.41) is 0. The number of benzene rings is 3. The Morgan fingerprint density at radius 3 is 2.43 bits per heavy atom. The number of ether oxygens (including phenoxy) is 3. The Balaban J connectivity index is 1.61. The molecule has 1 saturated heterocycles. The lowest BCUT2D eigenvalue weighted by atomic mass is 9.77. The highest BCUT2D eigenvalue weighted by molar-refractivity contribution is 5.95. The predicted molar refractivity (Wildman–Crippen MR) is 114 cm³/mol. The molecule has 1 fully saturated rings. The van der Waals surface area contributed by atoms with Crippen molar-refractivity contribution >= 4 is 11.5 Å². The molecule has 30 heavy (non-hydrogen) atoms. The molecular formula is C26H22O4. The van der Waals surface area contributed by atoms with Gasteiger partial charge in [0.25, 0.3) is 0 Å². The van der Waals surface area contributed by atoms with Gasteiger partial charge < -0.3 is 14.2 Å². The molecule has 0 saturated carbocycles. The van der Waals surface area contributed by atoms with Gasteiger partial charge in [-0.3, -0.25) is 0 Å². The third-order valence-electron chi connectivity index (χ3n) is 6.07. The molecule has 0 aromatic heterocycles. The van der Waals surface area contributed by atoms with Crippen LogP contribution in [-0.4, -0.2) is 18.7 Å². The third kappa shape index (κ3) is 2.84. The summed E-state index contributed by atoms with van der Waals surface area (Å²) < 4.78 is 18.0. The van der Waals surface area contributed by atoms with E-state index in [0.717, 1.165) is 28.0 Å². The van der Waals surface area contributed by atoms with E-state index in [4.69, 9.17) is 14.2 Å². The Labute approximate surface area is 175 Å². The van der Waals surface area contributed by atoms with Crippen molar-refractivity contribution in [2.45, 2.75) is 24.2 Å². The second-order valence-electron chi connectivity index (χ2n) is 7.69. The van der Waals surface area contributed by atoms with E-state index >= 15 is 0 Å². The number of hydrogen-bond donors (Lipinski definition) is 0. The van der Waals surface area contributed by atoms with E-state index in [1.807, 2.05) is 72.8 Å². The SMILES string of the molecule is C=C(c1ccccc1)C12CC(c3ccc(OC)cc3)OC1c1ccccc1C(=O)O2. The molecule has 5 rings (SSSR count). The summed E-state index contributed by atoms with van der Waals surface area (Å²) in [7, 11) is 1.64. The van der Waals surface area contributed by atoms with E-state index in [-0.39, 0.29) is 12.1 Å². The van der Waals surface area contributed by atoms with Crippen LogP contribution in [0, 0.1) is 0 Å². The Hall–Kier alpha value is -3.37. The van der Waals surface area contributed by atoms with Gasteiger partial charge >= 0.3 is 5.97 Å². The van der Waals surface area contributed by atoms with Gasteiger partial charge in [0, 0.05) is 6.42 Å². The Morgan fingerprint density at radius 2 is 1.70 bits per heavy atom. The molecule has 2 aliphatic heterocycles. The highest BCUT2D eigenvalue weighted by atomic mass is 16.6. The van der Waals surface area contributed by atoms with Crippen LogP contribution in [0.1, 0.15) is 45.7 Å². The molecular weight excluding hydrogens is 376 g/mol. The van der Waals surface area contributed by atoms with Gasteiger partial charge in [-0.05, 0) is 40.5 Å². The zero-order chi connectivity index (χ0) is 20.7. The monoisotopic (exact) mass is 398 g/mol. The van der Waals surface area contributed by atoms with Crippen LogP contribution < -0.4 is 4.74 Å². The molecule has 0 spiro atoms. The topological polar surface area (TPSA) is 44.8 Å². The first-order chi connectivity index (χ1) is 14.6. The number of methoxy groups -OCH3 is 1. The van der Waals surface area contributed by atoms with Gasteiger partial charge in [0.1, 0.15) is 11.9 Å². The maximum absolute atomic E-state index is 13.0. The normalized spacial score (nSPS) is 24.5. The molecule has 0 N–H and O–H groups in total. The molecule has 3 atom stereocenters. The van der Waals surface area contributed by atoms with E-state index in [1.54, 1.807) is 13.2 Å². The van der Waals surface area contributed by atoms with Crippen LogP contribution in [0.4, 0.5) is 0 Å². The number of hydrogen-bond acceptors (Lipinski definition) is 4. The molecule has 4 nitrogen and oxygen atoms in total. The second kappa shape index (κ2) is 7.15. The van der Waals surface area contributed by atoms with Crippen molar-refractivity contribution in [2.24, 2.45) is 0 Å². The maximum Gasteiger partial charge on any atom is 0.339 e. The maximum atomic E-state index is 13.0. The van der Waals surface area contributed by atoms with Crippen LogP contribution in [-0.2, 0) is 9.47 Å². The zero-order valence-electron chi connectivity index (χ0n) is 16.7. The largest absolute Gasteiger partial charge is 0.497 e. The van der Waals surface area contributed by atoms with Crippen molar-refractivity contribution in [3.05, 3.63) is 108 Å². The first-order valence-corrected chi connectivity index (χ1v) is 9.99. The summed E-state index contributed by atoms with van der Waals surface area (Å²) >= 11 is 0. The quantitative estimate of drug-likeness (QED) is 0.543. The van der Waals surface area contributed by atoms with E-state index in [2.05, 4.69) is 6.58 Å². The molecule has 3 unspecified atom stereocenters. The van der Waals surface area contributed by atoms with E-state index in [0.29, 0.717) is 12.0 Å². The van der Waals surface area contributed by atoms with Crippen molar-refractivity contribution < 1.29 is 19.0 Å². The van der Waals surface area contributed by atoms with Crippen molar-refractivity contribution in [1.29, 1.82) is 0 Å². The lowest BCUT2D eigenvalue weighted by molar-refractivity contribution is -0.0492. The Kier molecular flexibility index (Phi) is 4.44. The average molecular weight is 398 g/mol. The Morgan fingerprint density at radius 1 is 1.00 bits per heavy atom. The third-order valence-corrected chi connectivity index (χ3v) is 6.07. The van der Waals surface area contributed by atoms with Crippen LogP contribution in [0.25, 0.3) is 5.57 Å². The smallest absolute Gasteiger partial charge is 0.339 e. The van der Waals surface area contributed by atoms with Gasteiger partial charge in [0.05, 0.1) is 18.8 Å². The first-order valence-electron chi connectivity index (χ1n) is 9.99. The fourth-order valence-electron chi connectivity index (χ4n) is 4.50. The van der Waals surface area contributed by atoms with Crippen LogP contribution in [0.3, 0.4) is 0 Å².